The molecule has 110 valence electrons. The van der Waals surface area contributed by atoms with Gasteiger partial charge in [-0.15, -0.1) is 0 Å². The summed E-state index contributed by atoms with van der Waals surface area (Å²) in [6, 6.07) is 10.2. The van der Waals surface area contributed by atoms with Crippen LogP contribution in [0.4, 0.5) is 11.5 Å². The SMILES string of the molecule is CN(C)c1ccc(-c2nc(N)cc(C3CCCC3)n2)cc1. The van der Waals surface area contributed by atoms with Crippen molar-refractivity contribution in [1.29, 1.82) is 0 Å². The van der Waals surface area contributed by atoms with Crippen LogP contribution in [-0.2, 0) is 0 Å². The van der Waals surface area contributed by atoms with Crippen molar-refractivity contribution in [2.45, 2.75) is 31.6 Å². The van der Waals surface area contributed by atoms with Gasteiger partial charge >= 0.3 is 0 Å². The van der Waals surface area contributed by atoms with Gasteiger partial charge in [0.15, 0.2) is 5.82 Å². The van der Waals surface area contributed by atoms with E-state index in [1.165, 1.54) is 31.4 Å². The van der Waals surface area contributed by atoms with E-state index < -0.39 is 0 Å². The first-order valence-corrected chi connectivity index (χ1v) is 7.56. The van der Waals surface area contributed by atoms with E-state index in [2.05, 4.69) is 34.1 Å². The topological polar surface area (TPSA) is 55.0 Å². The Hall–Kier alpha value is -2.10. The highest BCUT2D eigenvalue weighted by atomic mass is 15.1. The predicted molar refractivity (Wildman–Crippen MR) is 87.4 cm³/mol. The molecule has 0 atom stereocenters. The molecule has 0 unspecified atom stereocenters. The smallest absolute Gasteiger partial charge is 0.161 e. The predicted octanol–water partition coefficient (Wildman–Crippen LogP) is 3.45. The molecule has 1 aliphatic rings. The summed E-state index contributed by atoms with van der Waals surface area (Å²) < 4.78 is 0. The quantitative estimate of drug-likeness (QED) is 0.936. The van der Waals surface area contributed by atoms with Gasteiger partial charge < -0.3 is 10.6 Å². The lowest BCUT2D eigenvalue weighted by molar-refractivity contribution is 0.696. The number of hydrogen-bond acceptors (Lipinski definition) is 4. The minimum atomic E-state index is 0.551. The molecule has 0 amide bonds. The number of nitrogens with two attached hydrogens (primary N) is 1. The molecule has 0 saturated heterocycles. The van der Waals surface area contributed by atoms with Crippen LogP contribution in [0.2, 0.25) is 0 Å². The summed E-state index contributed by atoms with van der Waals surface area (Å²) in [6.07, 6.45) is 5.02. The Balaban J connectivity index is 1.93. The number of anilines is 2. The molecule has 21 heavy (non-hydrogen) atoms. The second-order valence-corrected chi connectivity index (χ2v) is 5.96. The van der Waals surface area contributed by atoms with Crippen LogP contribution in [0, 0.1) is 0 Å². The third kappa shape index (κ3) is 2.99. The normalized spacial score (nSPS) is 15.3. The number of nitrogen functional groups attached to an aromatic ring is 1. The molecule has 1 aromatic carbocycles. The zero-order valence-electron chi connectivity index (χ0n) is 12.7. The highest BCUT2D eigenvalue weighted by Crippen LogP contribution is 2.34. The maximum atomic E-state index is 5.98. The zero-order chi connectivity index (χ0) is 14.8. The maximum absolute atomic E-state index is 5.98. The van der Waals surface area contributed by atoms with E-state index in [9.17, 15) is 0 Å². The van der Waals surface area contributed by atoms with Gasteiger partial charge in [0, 0.05) is 43.0 Å². The molecule has 0 bridgehead atoms. The number of rotatable bonds is 3. The molecule has 1 aromatic heterocycles. The van der Waals surface area contributed by atoms with E-state index in [1.54, 1.807) is 0 Å². The maximum Gasteiger partial charge on any atom is 0.161 e. The van der Waals surface area contributed by atoms with Crippen molar-refractivity contribution in [2.75, 3.05) is 24.7 Å². The van der Waals surface area contributed by atoms with Gasteiger partial charge in [-0.25, -0.2) is 9.97 Å². The lowest BCUT2D eigenvalue weighted by Gasteiger charge is -2.13. The monoisotopic (exact) mass is 282 g/mol. The average molecular weight is 282 g/mol. The molecular weight excluding hydrogens is 260 g/mol. The molecule has 1 heterocycles. The molecular formula is C17H22N4. The van der Waals surface area contributed by atoms with E-state index in [0.717, 1.165) is 17.1 Å². The number of benzene rings is 1. The molecule has 0 radical (unpaired) electrons. The highest BCUT2D eigenvalue weighted by molar-refractivity contribution is 5.61. The fraction of sp³-hybridized carbons (Fsp3) is 0.412. The fourth-order valence-corrected chi connectivity index (χ4v) is 2.95. The van der Waals surface area contributed by atoms with E-state index in [-0.39, 0.29) is 0 Å². The molecule has 0 spiro atoms. The largest absolute Gasteiger partial charge is 0.384 e. The van der Waals surface area contributed by atoms with Crippen molar-refractivity contribution >= 4 is 11.5 Å². The third-order valence-corrected chi connectivity index (χ3v) is 4.18. The van der Waals surface area contributed by atoms with Gasteiger partial charge in [0.2, 0.25) is 0 Å². The summed E-state index contributed by atoms with van der Waals surface area (Å²) in [5, 5.41) is 0. The Morgan fingerprint density at radius 1 is 1.05 bits per heavy atom. The van der Waals surface area contributed by atoms with Crippen LogP contribution >= 0.6 is 0 Å². The van der Waals surface area contributed by atoms with Crippen LogP contribution in [0.25, 0.3) is 11.4 Å². The Morgan fingerprint density at radius 2 is 1.71 bits per heavy atom. The molecule has 1 fully saturated rings. The van der Waals surface area contributed by atoms with Gasteiger partial charge in [-0.2, -0.15) is 0 Å². The minimum absolute atomic E-state index is 0.551. The summed E-state index contributed by atoms with van der Waals surface area (Å²) in [7, 11) is 4.06. The first kappa shape index (κ1) is 13.9. The first-order chi connectivity index (χ1) is 10.1. The molecule has 4 nitrogen and oxygen atoms in total. The van der Waals surface area contributed by atoms with Gasteiger partial charge in [-0.3, -0.25) is 0 Å². The van der Waals surface area contributed by atoms with Gasteiger partial charge in [0.25, 0.3) is 0 Å². The van der Waals surface area contributed by atoms with Crippen LogP contribution in [0.1, 0.15) is 37.3 Å². The lowest BCUT2D eigenvalue weighted by Crippen LogP contribution is -2.08. The summed E-state index contributed by atoms with van der Waals surface area (Å²) >= 11 is 0. The van der Waals surface area contributed by atoms with Crippen LogP contribution in [0.3, 0.4) is 0 Å². The van der Waals surface area contributed by atoms with E-state index in [1.807, 2.05) is 20.2 Å². The molecule has 1 aliphatic carbocycles. The second-order valence-electron chi connectivity index (χ2n) is 5.96. The Bertz CT molecular complexity index is 613. The molecule has 1 saturated carbocycles. The van der Waals surface area contributed by atoms with Crippen LogP contribution in [-0.4, -0.2) is 24.1 Å². The number of hydrogen-bond donors (Lipinski definition) is 1. The van der Waals surface area contributed by atoms with Gasteiger partial charge in [-0.1, -0.05) is 12.8 Å². The Morgan fingerprint density at radius 3 is 2.33 bits per heavy atom. The summed E-state index contributed by atoms with van der Waals surface area (Å²) in [4.78, 5) is 11.2. The average Bonchev–Trinajstić information content (AvgIpc) is 3.01. The van der Waals surface area contributed by atoms with E-state index in [4.69, 9.17) is 10.7 Å². The molecule has 3 rings (SSSR count). The zero-order valence-corrected chi connectivity index (χ0v) is 12.7. The van der Waals surface area contributed by atoms with Crippen molar-refractivity contribution in [2.24, 2.45) is 0 Å². The standard InChI is InChI=1S/C17H22N4/c1-21(2)14-9-7-13(8-10-14)17-19-15(11-16(18)20-17)12-5-3-4-6-12/h7-12H,3-6H2,1-2H3,(H2,18,19,20). The van der Waals surface area contributed by atoms with Crippen molar-refractivity contribution < 1.29 is 0 Å². The lowest BCUT2D eigenvalue weighted by atomic mass is 10.0. The highest BCUT2D eigenvalue weighted by Gasteiger charge is 2.19. The fourth-order valence-electron chi connectivity index (χ4n) is 2.95. The van der Waals surface area contributed by atoms with Crippen LogP contribution in [0.5, 0.6) is 0 Å². The summed E-state index contributed by atoms with van der Waals surface area (Å²) in [5.74, 6) is 1.86. The molecule has 0 aliphatic heterocycles. The molecule has 2 aromatic rings. The Kier molecular flexibility index (Phi) is 3.78. The summed E-state index contributed by atoms with van der Waals surface area (Å²) in [5.41, 5.74) is 9.27. The van der Waals surface area contributed by atoms with E-state index in [0.29, 0.717) is 11.7 Å². The van der Waals surface area contributed by atoms with Crippen molar-refractivity contribution in [3.8, 4) is 11.4 Å². The van der Waals surface area contributed by atoms with Crippen LogP contribution < -0.4 is 10.6 Å². The first-order valence-electron chi connectivity index (χ1n) is 7.56. The Labute approximate surface area is 126 Å². The van der Waals surface area contributed by atoms with E-state index >= 15 is 0 Å². The third-order valence-electron chi connectivity index (χ3n) is 4.18. The van der Waals surface area contributed by atoms with Gasteiger partial charge in [-0.05, 0) is 37.1 Å². The number of aromatic nitrogens is 2. The molecule has 2 N–H and O–H groups in total. The minimum Gasteiger partial charge on any atom is -0.384 e. The van der Waals surface area contributed by atoms with Crippen molar-refractivity contribution in [3.63, 3.8) is 0 Å². The van der Waals surface area contributed by atoms with Gasteiger partial charge in [0.05, 0.1) is 0 Å². The second kappa shape index (κ2) is 5.72. The van der Waals surface area contributed by atoms with Crippen molar-refractivity contribution in [3.05, 3.63) is 36.0 Å². The molecule has 4 heteroatoms. The van der Waals surface area contributed by atoms with Crippen LogP contribution in [0.15, 0.2) is 30.3 Å². The summed E-state index contributed by atoms with van der Waals surface area (Å²) in [6.45, 7) is 0. The van der Waals surface area contributed by atoms with Crippen molar-refractivity contribution in [1.82, 2.24) is 9.97 Å². The van der Waals surface area contributed by atoms with Gasteiger partial charge in [0.1, 0.15) is 5.82 Å². The number of nitrogens with zero attached hydrogens (tertiary/aromatic N) is 3.